The number of nitrogens with one attached hydrogen (secondary N) is 1. The molecule has 1 aliphatic heterocycles. The molecule has 2 heterocycles. The second-order valence-corrected chi connectivity index (χ2v) is 5.68. The molecule has 0 bridgehead atoms. The van der Waals surface area contributed by atoms with Crippen LogP contribution in [0.25, 0.3) is 0 Å². The lowest BCUT2D eigenvalue weighted by molar-refractivity contribution is 0.222. The maximum atomic E-state index is 5.23. The molecule has 4 heteroatoms. The minimum atomic E-state index is 0.190. The molecule has 0 aromatic carbocycles. The summed E-state index contributed by atoms with van der Waals surface area (Å²) < 4.78 is 5.23. The molecular weight excluding hydrogens is 214 g/mol. The van der Waals surface area contributed by atoms with E-state index >= 15 is 0 Å². The summed E-state index contributed by atoms with van der Waals surface area (Å²) in [5.74, 6) is 0.956. The third-order valence-corrected chi connectivity index (χ3v) is 3.44. The molecule has 0 radical (unpaired) electrons. The number of hydrogen-bond acceptors (Lipinski definition) is 4. The van der Waals surface area contributed by atoms with Gasteiger partial charge in [0.1, 0.15) is 5.76 Å². The minimum absolute atomic E-state index is 0.190. The van der Waals surface area contributed by atoms with Gasteiger partial charge in [-0.15, -0.1) is 0 Å². The fraction of sp³-hybridized carbons (Fsp3) is 0.769. The second-order valence-electron chi connectivity index (χ2n) is 5.68. The van der Waals surface area contributed by atoms with Gasteiger partial charge < -0.3 is 9.84 Å². The summed E-state index contributed by atoms with van der Waals surface area (Å²) in [5.41, 5.74) is 2.47. The van der Waals surface area contributed by atoms with Crippen LogP contribution in [0, 0.1) is 13.8 Å². The Bertz CT molecular complexity index is 365. The van der Waals surface area contributed by atoms with E-state index < -0.39 is 0 Å². The zero-order chi connectivity index (χ0) is 12.5. The first-order chi connectivity index (χ1) is 7.98. The van der Waals surface area contributed by atoms with Crippen molar-refractivity contribution in [3.05, 3.63) is 17.0 Å². The summed E-state index contributed by atoms with van der Waals surface area (Å²) in [6, 6.07) is 0. The number of rotatable bonds is 2. The topological polar surface area (TPSA) is 41.3 Å². The summed E-state index contributed by atoms with van der Waals surface area (Å²) in [4.78, 5) is 2.49. The van der Waals surface area contributed by atoms with Crippen molar-refractivity contribution in [3.8, 4) is 0 Å². The van der Waals surface area contributed by atoms with Crippen LogP contribution in [0.3, 0.4) is 0 Å². The van der Waals surface area contributed by atoms with Gasteiger partial charge in [0, 0.05) is 24.2 Å². The highest BCUT2D eigenvalue weighted by Crippen LogP contribution is 2.18. The summed E-state index contributed by atoms with van der Waals surface area (Å²) in [7, 11) is 0. The highest BCUT2D eigenvalue weighted by molar-refractivity contribution is 5.20. The van der Waals surface area contributed by atoms with E-state index in [1.807, 2.05) is 13.8 Å². The molecule has 17 heavy (non-hydrogen) atoms. The summed E-state index contributed by atoms with van der Waals surface area (Å²) in [5, 5.41) is 7.60. The largest absolute Gasteiger partial charge is 0.361 e. The Kier molecular flexibility index (Phi) is 3.54. The Hall–Kier alpha value is -0.870. The molecule has 1 aromatic rings. The van der Waals surface area contributed by atoms with Crippen molar-refractivity contribution in [2.24, 2.45) is 0 Å². The van der Waals surface area contributed by atoms with Gasteiger partial charge in [0.05, 0.1) is 5.69 Å². The van der Waals surface area contributed by atoms with Crippen molar-refractivity contribution in [1.82, 2.24) is 15.4 Å². The SMILES string of the molecule is Cc1noc(C)c1CN1CCCNC(C)(C)C1. The number of hydrogen-bond donors (Lipinski definition) is 1. The molecule has 0 saturated carbocycles. The van der Waals surface area contributed by atoms with Crippen molar-refractivity contribution >= 4 is 0 Å². The molecule has 1 fully saturated rings. The van der Waals surface area contributed by atoms with E-state index in [1.165, 1.54) is 12.0 Å². The average molecular weight is 237 g/mol. The Labute approximate surface area is 103 Å². The van der Waals surface area contributed by atoms with Crippen molar-refractivity contribution in [1.29, 1.82) is 0 Å². The third-order valence-electron chi connectivity index (χ3n) is 3.44. The highest BCUT2D eigenvalue weighted by Gasteiger charge is 2.25. The lowest BCUT2D eigenvalue weighted by atomic mass is 10.1. The van der Waals surface area contributed by atoms with Gasteiger partial charge in [0.2, 0.25) is 0 Å². The first-order valence-electron chi connectivity index (χ1n) is 6.37. The lowest BCUT2D eigenvalue weighted by Crippen LogP contribution is -2.46. The fourth-order valence-electron chi connectivity index (χ4n) is 2.51. The third kappa shape index (κ3) is 3.07. The van der Waals surface area contributed by atoms with E-state index in [2.05, 4.69) is 29.2 Å². The van der Waals surface area contributed by atoms with Crippen LogP contribution >= 0.6 is 0 Å². The summed E-state index contributed by atoms with van der Waals surface area (Å²) in [6.07, 6.45) is 1.20. The maximum absolute atomic E-state index is 5.23. The molecule has 4 nitrogen and oxygen atoms in total. The Morgan fingerprint density at radius 1 is 1.41 bits per heavy atom. The van der Waals surface area contributed by atoms with E-state index in [1.54, 1.807) is 0 Å². The normalized spacial score (nSPS) is 21.4. The van der Waals surface area contributed by atoms with Crippen LogP contribution in [0.2, 0.25) is 0 Å². The van der Waals surface area contributed by atoms with Crippen LogP contribution in [0.4, 0.5) is 0 Å². The summed E-state index contributed by atoms with van der Waals surface area (Å²) in [6.45, 7) is 12.8. The van der Waals surface area contributed by atoms with Crippen LogP contribution in [0.5, 0.6) is 0 Å². The number of aryl methyl sites for hydroxylation is 2. The van der Waals surface area contributed by atoms with E-state index in [0.29, 0.717) is 0 Å². The van der Waals surface area contributed by atoms with Crippen LogP contribution in [0.15, 0.2) is 4.52 Å². The lowest BCUT2D eigenvalue weighted by Gasteiger charge is -2.29. The van der Waals surface area contributed by atoms with Crippen molar-refractivity contribution < 1.29 is 4.52 Å². The van der Waals surface area contributed by atoms with E-state index in [0.717, 1.165) is 37.6 Å². The van der Waals surface area contributed by atoms with Crippen molar-refractivity contribution in [2.45, 2.75) is 46.2 Å². The molecule has 1 aliphatic rings. The van der Waals surface area contributed by atoms with Gasteiger partial charge in [-0.1, -0.05) is 5.16 Å². The van der Waals surface area contributed by atoms with E-state index in [-0.39, 0.29) is 5.54 Å². The fourth-order valence-corrected chi connectivity index (χ4v) is 2.51. The Morgan fingerprint density at radius 2 is 2.18 bits per heavy atom. The Balaban J connectivity index is 2.07. The predicted octanol–water partition coefficient (Wildman–Crippen LogP) is 1.87. The van der Waals surface area contributed by atoms with Gasteiger partial charge in [-0.25, -0.2) is 0 Å². The first kappa shape index (κ1) is 12.6. The van der Waals surface area contributed by atoms with Gasteiger partial charge in [-0.3, -0.25) is 4.90 Å². The maximum Gasteiger partial charge on any atom is 0.138 e. The molecular formula is C13H23N3O. The number of nitrogens with zero attached hydrogens (tertiary/aromatic N) is 2. The standard InChI is InChI=1S/C13H23N3O/c1-10-12(11(2)17-15-10)8-16-7-5-6-14-13(3,4)9-16/h14H,5-9H2,1-4H3. The van der Waals surface area contributed by atoms with Gasteiger partial charge in [-0.05, 0) is 47.2 Å². The van der Waals surface area contributed by atoms with Crippen molar-refractivity contribution in [2.75, 3.05) is 19.6 Å². The van der Waals surface area contributed by atoms with Crippen LogP contribution in [0.1, 0.15) is 37.3 Å². The number of aromatic nitrogens is 1. The molecule has 2 rings (SSSR count). The second kappa shape index (κ2) is 4.78. The molecule has 0 aliphatic carbocycles. The highest BCUT2D eigenvalue weighted by atomic mass is 16.5. The smallest absolute Gasteiger partial charge is 0.138 e. The molecule has 1 N–H and O–H groups in total. The van der Waals surface area contributed by atoms with Gasteiger partial charge in [0.25, 0.3) is 0 Å². The molecule has 0 unspecified atom stereocenters. The zero-order valence-corrected chi connectivity index (χ0v) is 11.3. The van der Waals surface area contributed by atoms with Crippen LogP contribution < -0.4 is 5.32 Å². The minimum Gasteiger partial charge on any atom is -0.361 e. The molecule has 96 valence electrons. The molecule has 0 spiro atoms. The van der Waals surface area contributed by atoms with Gasteiger partial charge >= 0.3 is 0 Å². The predicted molar refractivity (Wildman–Crippen MR) is 68.0 cm³/mol. The average Bonchev–Trinajstić information content (AvgIpc) is 2.48. The first-order valence-corrected chi connectivity index (χ1v) is 6.37. The van der Waals surface area contributed by atoms with Crippen LogP contribution in [-0.2, 0) is 6.54 Å². The summed E-state index contributed by atoms with van der Waals surface area (Å²) >= 11 is 0. The molecule has 1 aromatic heterocycles. The molecule has 0 amide bonds. The quantitative estimate of drug-likeness (QED) is 0.852. The van der Waals surface area contributed by atoms with Gasteiger partial charge in [0.15, 0.2) is 0 Å². The van der Waals surface area contributed by atoms with Crippen molar-refractivity contribution in [3.63, 3.8) is 0 Å². The zero-order valence-electron chi connectivity index (χ0n) is 11.3. The van der Waals surface area contributed by atoms with Gasteiger partial charge in [-0.2, -0.15) is 0 Å². The molecule has 1 saturated heterocycles. The van der Waals surface area contributed by atoms with E-state index in [4.69, 9.17) is 4.52 Å². The van der Waals surface area contributed by atoms with E-state index in [9.17, 15) is 0 Å². The Morgan fingerprint density at radius 3 is 2.82 bits per heavy atom. The molecule has 0 atom stereocenters. The monoisotopic (exact) mass is 237 g/mol. The van der Waals surface area contributed by atoms with Crippen LogP contribution in [-0.4, -0.2) is 35.2 Å².